The number of nitrogens with one attached hydrogen (secondary N) is 1. The number of aryl methyl sites for hydroxylation is 1. The predicted octanol–water partition coefficient (Wildman–Crippen LogP) is 2.04. The molecule has 90 valence electrons. The minimum atomic E-state index is 0.0446. The molecule has 0 spiro atoms. The van der Waals surface area contributed by atoms with Gasteiger partial charge in [0.25, 0.3) is 0 Å². The van der Waals surface area contributed by atoms with Gasteiger partial charge in [-0.05, 0) is 32.0 Å². The van der Waals surface area contributed by atoms with Crippen molar-refractivity contribution in [2.75, 3.05) is 19.8 Å². The van der Waals surface area contributed by atoms with Crippen molar-refractivity contribution in [2.24, 2.45) is 0 Å². The van der Waals surface area contributed by atoms with E-state index in [1.54, 1.807) is 0 Å². The average Bonchev–Trinajstić information content (AvgIpc) is 2.26. The summed E-state index contributed by atoms with van der Waals surface area (Å²) in [6.07, 6.45) is 0. The van der Waals surface area contributed by atoms with Crippen LogP contribution in [0.5, 0.6) is 5.75 Å². The summed E-state index contributed by atoms with van der Waals surface area (Å²) >= 11 is 0. The van der Waals surface area contributed by atoms with Crippen LogP contribution in [0.3, 0.4) is 0 Å². The van der Waals surface area contributed by atoms with Gasteiger partial charge in [-0.15, -0.1) is 0 Å². The van der Waals surface area contributed by atoms with Gasteiger partial charge in [0, 0.05) is 11.6 Å². The van der Waals surface area contributed by atoms with E-state index in [0.29, 0.717) is 6.61 Å². The van der Waals surface area contributed by atoms with Gasteiger partial charge in [-0.2, -0.15) is 0 Å². The lowest BCUT2D eigenvalue weighted by Gasteiger charge is -2.18. The Balaban J connectivity index is 2.88. The van der Waals surface area contributed by atoms with Crippen molar-refractivity contribution in [3.8, 4) is 5.75 Å². The summed E-state index contributed by atoms with van der Waals surface area (Å²) in [4.78, 5) is 0. The van der Waals surface area contributed by atoms with Crippen molar-refractivity contribution in [2.45, 2.75) is 26.8 Å². The first-order chi connectivity index (χ1) is 7.69. The molecule has 0 aliphatic heterocycles. The highest BCUT2D eigenvalue weighted by Gasteiger charge is 2.10. The maximum absolute atomic E-state index is 8.79. The van der Waals surface area contributed by atoms with Crippen LogP contribution in [0, 0.1) is 6.92 Å². The third-order valence-corrected chi connectivity index (χ3v) is 2.49. The van der Waals surface area contributed by atoms with E-state index >= 15 is 0 Å². The third kappa shape index (κ3) is 3.51. The topological polar surface area (TPSA) is 41.5 Å². The van der Waals surface area contributed by atoms with Gasteiger partial charge in [0.05, 0.1) is 6.61 Å². The first-order valence-corrected chi connectivity index (χ1v) is 5.76. The zero-order valence-electron chi connectivity index (χ0n) is 10.3. The van der Waals surface area contributed by atoms with Crippen LogP contribution in [0.4, 0.5) is 0 Å². The molecule has 2 N–H and O–H groups in total. The molecule has 0 fully saturated rings. The molecule has 0 heterocycles. The molecule has 0 radical (unpaired) electrons. The largest absolute Gasteiger partial charge is 0.491 e. The fourth-order valence-electron chi connectivity index (χ4n) is 1.70. The Bertz CT molecular complexity index is 326. The van der Waals surface area contributed by atoms with Gasteiger partial charge in [-0.1, -0.05) is 19.1 Å². The van der Waals surface area contributed by atoms with Crippen LogP contribution in [-0.2, 0) is 0 Å². The summed E-state index contributed by atoms with van der Waals surface area (Å²) in [6.45, 7) is 7.54. The first kappa shape index (κ1) is 13.0. The average molecular weight is 223 g/mol. The quantitative estimate of drug-likeness (QED) is 0.775. The van der Waals surface area contributed by atoms with Crippen LogP contribution in [0.25, 0.3) is 0 Å². The molecule has 0 amide bonds. The first-order valence-electron chi connectivity index (χ1n) is 5.76. The Labute approximate surface area is 97.4 Å². The van der Waals surface area contributed by atoms with E-state index < -0.39 is 0 Å². The lowest BCUT2D eigenvalue weighted by Crippen LogP contribution is -2.19. The molecule has 1 rings (SSSR count). The number of benzene rings is 1. The maximum Gasteiger partial charge on any atom is 0.124 e. The molecule has 0 saturated heterocycles. The Morgan fingerprint density at radius 3 is 2.81 bits per heavy atom. The summed E-state index contributed by atoms with van der Waals surface area (Å²) in [6, 6.07) is 6.43. The second-order valence-corrected chi connectivity index (χ2v) is 3.89. The van der Waals surface area contributed by atoms with Crippen LogP contribution in [0.1, 0.15) is 31.0 Å². The number of rotatable bonds is 6. The van der Waals surface area contributed by atoms with Crippen molar-refractivity contribution in [1.29, 1.82) is 0 Å². The number of ether oxygens (including phenoxy) is 1. The van der Waals surface area contributed by atoms with Gasteiger partial charge < -0.3 is 15.2 Å². The SMILES string of the molecule is CCNC(C)c1ccc(C)cc1OCCO. The smallest absolute Gasteiger partial charge is 0.124 e. The van der Waals surface area contributed by atoms with E-state index in [1.165, 1.54) is 5.56 Å². The highest BCUT2D eigenvalue weighted by molar-refractivity contribution is 5.39. The molecule has 0 aromatic heterocycles. The number of aliphatic hydroxyl groups is 1. The lowest BCUT2D eigenvalue weighted by atomic mass is 10.0. The van der Waals surface area contributed by atoms with Crippen molar-refractivity contribution in [3.05, 3.63) is 29.3 Å². The number of hydrogen-bond acceptors (Lipinski definition) is 3. The molecule has 3 nitrogen and oxygen atoms in total. The molecular formula is C13H21NO2. The maximum atomic E-state index is 8.79. The molecule has 1 aromatic rings. The van der Waals surface area contributed by atoms with Crippen LogP contribution in [0.2, 0.25) is 0 Å². The van der Waals surface area contributed by atoms with Gasteiger partial charge in [-0.25, -0.2) is 0 Å². The Morgan fingerprint density at radius 2 is 2.19 bits per heavy atom. The molecule has 0 aliphatic rings. The molecule has 3 heteroatoms. The molecule has 0 bridgehead atoms. The summed E-state index contributed by atoms with van der Waals surface area (Å²) in [5, 5.41) is 12.1. The minimum absolute atomic E-state index is 0.0446. The summed E-state index contributed by atoms with van der Waals surface area (Å²) in [5.41, 5.74) is 2.31. The van der Waals surface area contributed by atoms with Crippen molar-refractivity contribution < 1.29 is 9.84 Å². The fourth-order valence-corrected chi connectivity index (χ4v) is 1.70. The molecule has 16 heavy (non-hydrogen) atoms. The fraction of sp³-hybridized carbons (Fsp3) is 0.538. The van der Waals surface area contributed by atoms with E-state index in [1.807, 2.05) is 13.0 Å². The van der Waals surface area contributed by atoms with Crippen LogP contribution >= 0.6 is 0 Å². The zero-order chi connectivity index (χ0) is 12.0. The highest BCUT2D eigenvalue weighted by atomic mass is 16.5. The van der Waals surface area contributed by atoms with Gasteiger partial charge in [0.1, 0.15) is 12.4 Å². The molecular weight excluding hydrogens is 202 g/mol. The second-order valence-electron chi connectivity index (χ2n) is 3.89. The van der Waals surface area contributed by atoms with Crippen LogP contribution in [0.15, 0.2) is 18.2 Å². The number of aliphatic hydroxyl groups excluding tert-OH is 1. The normalized spacial score (nSPS) is 12.5. The van der Waals surface area contributed by atoms with Gasteiger partial charge in [0.15, 0.2) is 0 Å². The summed E-state index contributed by atoms with van der Waals surface area (Å²) in [7, 11) is 0. The van der Waals surface area contributed by atoms with E-state index in [-0.39, 0.29) is 12.6 Å². The Hall–Kier alpha value is -1.06. The van der Waals surface area contributed by atoms with E-state index in [9.17, 15) is 0 Å². The van der Waals surface area contributed by atoms with Crippen molar-refractivity contribution in [1.82, 2.24) is 5.32 Å². The monoisotopic (exact) mass is 223 g/mol. The minimum Gasteiger partial charge on any atom is -0.491 e. The van der Waals surface area contributed by atoms with Gasteiger partial charge in [0.2, 0.25) is 0 Å². The lowest BCUT2D eigenvalue weighted by molar-refractivity contribution is 0.199. The van der Waals surface area contributed by atoms with Crippen LogP contribution < -0.4 is 10.1 Å². The Kier molecular flexibility index (Phi) is 5.29. The van der Waals surface area contributed by atoms with Crippen LogP contribution in [-0.4, -0.2) is 24.9 Å². The van der Waals surface area contributed by atoms with E-state index in [2.05, 4.69) is 31.3 Å². The predicted molar refractivity (Wildman–Crippen MR) is 65.9 cm³/mol. The molecule has 0 aliphatic carbocycles. The Morgan fingerprint density at radius 1 is 1.44 bits per heavy atom. The highest BCUT2D eigenvalue weighted by Crippen LogP contribution is 2.26. The summed E-state index contributed by atoms with van der Waals surface area (Å²) < 4.78 is 5.54. The van der Waals surface area contributed by atoms with E-state index in [4.69, 9.17) is 9.84 Å². The van der Waals surface area contributed by atoms with Crippen molar-refractivity contribution >= 4 is 0 Å². The number of hydrogen-bond donors (Lipinski definition) is 2. The van der Waals surface area contributed by atoms with E-state index in [0.717, 1.165) is 17.9 Å². The molecule has 1 aromatic carbocycles. The van der Waals surface area contributed by atoms with Gasteiger partial charge in [-0.3, -0.25) is 0 Å². The van der Waals surface area contributed by atoms with Crippen molar-refractivity contribution in [3.63, 3.8) is 0 Å². The standard InChI is InChI=1S/C13H21NO2/c1-4-14-11(3)12-6-5-10(2)9-13(12)16-8-7-15/h5-6,9,11,14-15H,4,7-8H2,1-3H3. The third-order valence-electron chi connectivity index (χ3n) is 2.49. The zero-order valence-corrected chi connectivity index (χ0v) is 10.3. The molecule has 0 saturated carbocycles. The second kappa shape index (κ2) is 6.51. The van der Waals surface area contributed by atoms with Gasteiger partial charge >= 0.3 is 0 Å². The molecule has 1 atom stereocenters. The summed E-state index contributed by atoms with van der Waals surface area (Å²) in [5.74, 6) is 0.863. The molecule has 1 unspecified atom stereocenters.